The lowest BCUT2D eigenvalue weighted by Gasteiger charge is -2.08. The van der Waals surface area contributed by atoms with E-state index in [0.717, 1.165) is 16.9 Å². The summed E-state index contributed by atoms with van der Waals surface area (Å²) in [7, 11) is 0. The Kier molecular flexibility index (Phi) is 4.82. The van der Waals surface area contributed by atoms with Crippen molar-refractivity contribution in [3.63, 3.8) is 0 Å². The number of benzene rings is 2. The summed E-state index contributed by atoms with van der Waals surface area (Å²) >= 11 is 6.06. The van der Waals surface area contributed by atoms with Crippen molar-refractivity contribution in [3.8, 4) is 11.4 Å². The van der Waals surface area contributed by atoms with E-state index in [1.54, 1.807) is 10.7 Å². The zero-order chi connectivity index (χ0) is 16.9. The van der Waals surface area contributed by atoms with Crippen LogP contribution in [0.25, 0.3) is 5.69 Å². The fraction of sp³-hybridized carbons (Fsp3) is 0.111. The van der Waals surface area contributed by atoms with Crippen LogP contribution >= 0.6 is 11.6 Å². The second-order valence-corrected chi connectivity index (χ2v) is 5.58. The Labute approximate surface area is 144 Å². The SMILES string of the molecule is Cc1c(OC(=O)NCc2ccccc2Cl)cnn1-c1ccccc1. The zero-order valence-electron chi connectivity index (χ0n) is 13.1. The Morgan fingerprint density at radius 3 is 2.62 bits per heavy atom. The third-order valence-electron chi connectivity index (χ3n) is 3.55. The molecule has 0 spiro atoms. The van der Waals surface area contributed by atoms with Crippen LogP contribution in [0, 0.1) is 6.92 Å². The van der Waals surface area contributed by atoms with Crippen molar-refractivity contribution in [2.75, 3.05) is 0 Å². The first-order valence-electron chi connectivity index (χ1n) is 7.44. The Balaban J connectivity index is 1.65. The van der Waals surface area contributed by atoms with E-state index in [0.29, 0.717) is 17.3 Å². The highest BCUT2D eigenvalue weighted by Crippen LogP contribution is 2.20. The number of hydrogen-bond acceptors (Lipinski definition) is 3. The summed E-state index contributed by atoms with van der Waals surface area (Å²) in [5.74, 6) is 0.413. The van der Waals surface area contributed by atoms with E-state index in [1.165, 1.54) is 6.20 Å². The third-order valence-corrected chi connectivity index (χ3v) is 3.92. The molecule has 3 rings (SSSR count). The summed E-state index contributed by atoms with van der Waals surface area (Å²) in [4.78, 5) is 12.0. The van der Waals surface area contributed by atoms with E-state index in [2.05, 4.69) is 10.4 Å². The molecule has 0 aliphatic heterocycles. The van der Waals surface area contributed by atoms with Gasteiger partial charge in [0.05, 0.1) is 17.6 Å². The number of para-hydroxylation sites is 1. The number of aromatic nitrogens is 2. The lowest BCUT2D eigenvalue weighted by molar-refractivity contribution is 0.199. The van der Waals surface area contributed by atoms with Gasteiger partial charge in [0.15, 0.2) is 5.75 Å². The van der Waals surface area contributed by atoms with Gasteiger partial charge in [-0.3, -0.25) is 0 Å². The van der Waals surface area contributed by atoms with Gasteiger partial charge in [0.1, 0.15) is 0 Å². The highest BCUT2D eigenvalue weighted by atomic mass is 35.5. The summed E-state index contributed by atoms with van der Waals surface area (Å²) < 4.78 is 7.05. The first-order valence-corrected chi connectivity index (χ1v) is 7.82. The summed E-state index contributed by atoms with van der Waals surface area (Å²) in [6.45, 7) is 2.14. The van der Waals surface area contributed by atoms with Crippen LogP contribution in [0.2, 0.25) is 5.02 Å². The molecule has 2 aromatic carbocycles. The van der Waals surface area contributed by atoms with Crippen LogP contribution < -0.4 is 10.1 Å². The van der Waals surface area contributed by atoms with Crippen molar-refractivity contribution >= 4 is 17.7 Å². The molecule has 0 unspecified atom stereocenters. The molecule has 0 radical (unpaired) electrons. The maximum absolute atomic E-state index is 12.0. The van der Waals surface area contributed by atoms with Gasteiger partial charge in [0, 0.05) is 11.6 Å². The molecule has 1 aromatic heterocycles. The van der Waals surface area contributed by atoms with Crippen molar-refractivity contribution in [1.29, 1.82) is 0 Å². The molecule has 1 N–H and O–H groups in total. The molecular weight excluding hydrogens is 326 g/mol. The minimum absolute atomic E-state index is 0.296. The first kappa shape index (κ1) is 16.1. The number of ether oxygens (including phenoxy) is 1. The van der Waals surface area contributed by atoms with Gasteiger partial charge in [-0.2, -0.15) is 5.10 Å². The number of carbonyl (C=O) groups excluding carboxylic acids is 1. The number of nitrogens with one attached hydrogen (secondary N) is 1. The smallest absolute Gasteiger partial charge is 0.407 e. The standard InChI is InChI=1S/C18H16ClN3O2/c1-13-17(12-21-22(13)15-8-3-2-4-9-15)24-18(23)20-11-14-7-5-6-10-16(14)19/h2-10,12H,11H2,1H3,(H,20,23). The number of carbonyl (C=O) groups is 1. The number of amides is 1. The van der Waals surface area contributed by atoms with Crippen LogP contribution in [0.15, 0.2) is 60.8 Å². The van der Waals surface area contributed by atoms with Crippen molar-refractivity contribution in [2.45, 2.75) is 13.5 Å². The van der Waals surface area contributed by atoms with E-state index in [9.17, 15) is 4.79 Å². The van der Waals surface area contributed by atoms with Gasteiger partial charge in [-0.05, 0) is 30.7 Å². The van der Waals surface area contributed by atoms with Crippen LogP contribution in [0.5, 0.6) is 5.75 Å². The monoisotopic (exact) mass is 341 g/mol. The molecule has 3 aromatic rings. The van der Waals surface area contributed by atoms with Gasteiger partial charge >= 0.3 is 6.09 Å². The molecule has 0 bridgehead atoms. The molecule has 0 aliphatic carbocycles. The van der Waals surface area contributed by atoms with Crippen LogP contribution in [-0.4, -0.2) is 15.9 Å². The summed E-state index contributed by atoms with van der Waals surface area (Å²) in [6.07, 6.45) is 0.975. The van der Waals surface area contributed by atoms with Gasteiger partial charge in [0.2, 0.25) is 0 Å². The maximum atomic E-state index is 12.0. The van der Waals surface area contributed by atoms with E-state index >= 15 is 0 Å². The molecular formula is C18H16ClN3O2. The molecule has 0 saturated carbocycles. The minimum atomic E-state index is -0.550. The summed E-state index contributed by atoms with van der Waals surface area (Å²) in [5, 5.41) is 7.55. The number of nitrogens with zero attached hydrogens (tertiary/aromatic N) is 2. The number of halogens is 1. The number of hydrogen-bond donors (Lipinski definition) is 1. The molecule has 1 amide bonds. The largest absolute Gasteiger partial charge is 0.412 e. The second-order valence-electron chi connectivity index (χ2n) is 5.18. The van der Waals surface area contributed by atoms with Crippen molar-refractivity contribution in [1.82, 2.24) is 15.1 Å². The summed E-state index contributed by atoms with van der Waals surface area (Å²) in [6, 6.07) is 17.0. The second kappa shape index (κ2) is 7.19. The van der Waals surface area contributed by atoms with Crippen LogP contribution in [0.1, 0.15) is 11.3 Å². The fourth-order valence-corrected chi connectivity index (χ4v) is 2.47. The zero-order valence-corrected chi connectivity index (χ0v) is 13.8. The number of rotatable bonds is 4. The first-order chi connectivity index (χ1) is 11.6. The lowest BCUT2D eigenvalue weighted by atomic mass is 10.2. The molecule has 1 heterocycles. The van der Waals surface area contributed by atoms with Gasteiger partial charge < -0.3 is 10.1 Å². The van der Waals surface area contributed by atoms with Crippen LogP contribution in [0.3, 0.4) is 0 Å². The van der Waals surface area contributed by atoms with Crippen molar-refractivity contribution < 1.29 is 9.53 Å². The van der Waals surface area contributed by atoms with Gasteiger partial charge in [-0.25, -0.2) is 9.48 Å². The van der Waals surface area contributed by atoms with E-state index in [-0.39, 0.29) is 0 Å². The topological polar surface area (TPSA) is 56.1 Å². The van der Waals surface area contributed by atoms with Gasteiger partial charge in [0.25, 0.3) is 0 Å². The van der Waals surface area contributed by atoms with Crippen LogP contribution in [0.4, 0.5) is 4.79 Å². The molecule has 24 heavy (non-hydrogen) atoms. The molecule has 5 nitrogen and oxygen atoms in total. The molecule has 0 saturated heterocycles. The molecule has 0 fully saturated rings. The average molecular weight is 342 g/mol. The van der Waals surface area contributed by atoms with Crippen molar-refractivity contribution in [2.24, 2.45) is 0 Å². The van der Waals surface area contributed by atoms with Gasteiger partial charge in [-0.15, -0.1) is 0 Å². The predicted octanol–water partition coefficient (Wildman–Crippen LogP) is 4.12. The Morgan fingerprint density at radius 1 is 1.17 bits per heavy atom. The van der Waals surface area contributed by atoms with Crippen molar-refractivity contribution in [3.05, 3.63) is 77.1 Å². The quantitative estimate of drug-likeness (QED) is 0.776. The maximum Gasteiger partial charge on any atom is 0.412 e. The van der Waals surface area contributed by atoms with E-state index in [1.807, 2.05) is 55.5 Å². The Hall–Kier alpha value is -2.79. The third kappa shape index (κ3) is 3.58. The summed E-state index contributed by atoms with van der Waals surface area (Å²) in [5.41, 5.74) is 2.48. The van der Waals surface area contributed by atoms with Gasteiger partial charge in [-0.1, -0.05) is 48.0 Å². The molecule has 0 aliphatic rings. The normalized spacial score (nSPS) is 10.4. The Morgan fingerprint density at radius 2 is 1.88 bits per heavy atom. The Bertz CT molecular complexity index is 846. The van der Waals surface area contributed by atoms with E-state index < -0.39 is 6.09 Å². The van der Waals surface area contributed by atoms with E-state index in [4.69, 9.17) is 16.3 Å². The predicted molar refractivity (Wildman–Crippen MR) is 92.6 cm³/mol. The highest BCUT2D eigenvalue weighted by molar-refractivity contribution is 6.31. The highest BCUT2D eigenvalue weighted by Gasteiger charge is 2.13. The average Bonchev–Trinajstić information content (AvgIpc) is 2.96. The fourth-order valence-electron chi connectivity index (χ4n) is 2.27. The molecule has 0 atom stereocenters. The molecule has 122 valence electrons. The van der Waals surface area contributed by atoms with Crippen LogP contribution in [-0.2, 0) is 6.54 Å². The minimum Gasteiger partial charge on any atom is -0.407 e. The lowest BCUT2D eigenvalue weighted by Crippen LogP contribution is -2.26. The molecule has 6 heteroatoms.